The van der Waals surface area contributed by atoms with Crippen molar-refractivity contribution in [3.05, 3.63) is 29.8 Å². The number of rotatable bonds is 2. The van der Waals surface area contributed by atoms with Gasteiger partial charge in [0.15, 0.2) is 0 Å². The minimum Gasteiger partial charge on any atom is -0.459 e. The van der Waals surface area contributed by atoms with Gasteiger partial charge < -0.3 is 10.5 Å². The largest absolute Gasteiger partial charge is 0.459 e. The summed E-state index contributed by atoms with van der Waals surface area (Å²) in [5.41, 5.74) is 8.05. The SMILES string of the molecule is [NH]c1ccccc1C(=O)OC1CC1. The van der Waals surface area contributed by atoms with Crippen molar-refractivity contribution < 1.29 is 9.53 Å². The first kappa shape index (κ1) is 8.10. The molecule has 67 valence electrons. The molecule has 1 aliphatic rings. The monoisotopic (exact) mass is 176 g/mol. The molecule has 1 aromatic carbocycles. The molecule has 1 radical (unpaired) electrons. The normalized spacial score (nSPS) is 15.4. The number of carbonyl (C=O) groups excluding carboxylic acids is 1. The van der Waals surface area contributed by atoms with Gasteiger partial charge in [0, 0.05) is 0 Å². The number of carbonyl (C=O) groups is 1. The molecule has 2 rings (SSSR count). The van der Waals surface area contributed by atoms with E-state index in [0.717, 1.165) is 12.8 Å². The van der Waals surface area contributed by atoms with E-state index in [1.54, 1.807) is 24.3 Å². The summed E-state index contributed by atoms with van der Waals surface area (Å²) in [6.45, 7) is 0. The predicted molar refractivity (Wildman–Crippen MR) is 47.6 cm³/mol. The van der Waals surface area contributed by atoms with Crippen molar-refractivity contribution in [2.24, 2.45) is 0 Å². The number of benzene rings is 1. The number of esters is 1. The lowest BCUT2D eigenvalue weighted by molar-refractivity contribution is 0.0473. The van der Waals surface area contributed by atoms with Crippen LogP contribution in [0.15, 0.2) is 24.3 Å². The van der Waals surface area contributed by atoms with Crippen molar-refractivity contribution in [1.82, 2.24) is 5.73 Å². The highest BCUT2D eigenvalue weighted by atomic mass is 16.5. The third-order valence-electron chi connectivity index (χ3n) is 1.95. The fourth-order valence-corrected chi connectivity index (χ4v) is 1.06. The topological polar surface area (TPSA) is 50.1 Å². The maximum absolute atomic E-state index is 11.4. The molecule has 0 aromatic heterocycles. The average molecular weight is 176 g/mol. The van der Waals surface area contributed by atoms with Gasteiger partial charge in [-0.15, -0.1) is 0 Å². The van der Waals surface area contributed by atoms with E-state index < -0.39 is 0 Å². The summed E-state index contributed by atoms with van der Waals surface area (Å²) < 4.78 is 5.07. The third-order valence-corrected chi connectivity index (χ3v) is 1.95. The lowest BCUT2D eigenvalue weighted by Crippen LogP contribution is -2.07. The summed E-state index contributed by atoms with van der Waals surface area (Å²) in [4.78, 5) is 11.4. The maximum atomic E-state index is 11.4. The molecule has 0 heterocycles. The van der Waals surface area contributed by atoms with Gasteiger partial charge in [0.25, 0.3) is 0 Å². The molecule has 1 aliphatic carbocycles. The Kier molecular flexibility index (Phi) is 1.93. The Bertz CT molecular complexity index is 331. The molecule has 0 bridgehead atoms. The summed E-state index contributed by atoms with van der Waals surface area (Å²) in [6.07, 6.45) is 2.03. The van der Waals surface area contributed by atoms with E-state index in [1.165, 1.54) is 0 Å². The van der Waals surface area contributed by atoms with Crippen LogP contribution in [0.25, 0.3) is 0 Å². The summed E-state index contributed by atoms with van der Waals surface area (Å²) in [7, 11) is 0. The van der Waals surface area contributed by atoms with Crippen LogP contribution >= 0.6 is 0 Å². The highest BCUT2D eigenvalue weighted by Gasteiger charge is 2.27. The van der Waals surface area contributed by atoms with Crippen LogP contribution in [-0.2, 0) is 4.74 Å². The van der Waals surface area contributed by atoms with E-state index in [1.807, 2.05) is 0 Å². The average Bonchev–Trinajstić information content (AvgIpc) is 2.89. The predicted octanol–water partition coefficient (Wildman–Crippen LogP) is 1.92. The lowest BCUT2D eigenvalue weighted by Gasteiger charge is -2.03. The summed E-state index contributed by atoms with van der Waals surface area (Å²) in [5.74, 6) is -0.367. The second-order valence-corrected chi connectivity index (χ2v) is 3.15. The Balaban J connectivity index is 2.13. The standard InChI is InChI=1S/C10H10NO2/c11-9-4-2-1-3-8(9)10(12)13-7-5-6-7/h1-4,7,11H,5-6H2. The lowest BCUT2D eigenvalue weighted by atomic mass is 10.2. The number of nitrogens with one attached hydrogen (secondary N) is 1. The van der Waals surface area contributed by atoms with Gasteiger partial charge in [-0.1, -0.05) is 12.1 Å². The van der Waals surface area contributed by atoms with E-state index in [2.05, 4.69) is 0 Å². The highest BCUT2D eigenvalue weighted by Crippen LogP contribution is 2.25. The molecule has 0 amide bonds. The van der Waals surface area contributed by atoms with Crippen molar-refractivity contribution in [2.45, 2.75) is 18.9 Å². The number of hydrogen-bond acceptors (Lipinski definition) is 2. The van der Waals surface area contributed by atoms with Gasteiger partial charge in [0.2, 0.25) is 0 Å². The van der Waals surface area contributed by atoms with E-state index >= 15 is 0 Å². The molecular weight excluding hydrogens is 166 g/mol. The van der Waals surface area contributed by atoms with E-state index in [-0.39, 0.29) is 17.8 Å². The molecule has 0 spiro atoms. The molecule has 0 aliphatic heterocycles. The molecule has 0 unspecified atom stereocenters. The molecular formula is C10H10NO2. The summed E-state index contributed by atoms with van der Waals surface area (Å²) in [5, 5.41) is 0. The van der Waals surface area contributed by atoms with Crippen molar-refractivity contribution in [3.8, 4) is 0 Å². The van der Waals surface area contributed by atoms with Crippen LogP contribution in [0.3, 0.4) is 0 Å². The molecule has 13 heavy (non-hydrogen) atoms. The van der Waals surface area contributed by atoms with Gasteiger partial charge in [-0.2, -0.15) is 0 Å². The molecule has 0 atom stereocenters. The third kappa shape index (κ3) is 1.80. The molecule has 3 nitrogen and oxygen atoms in total. The molecule has 1 fully saturated rings. The fourth-order valence-electron chi connectivity index (χ4n) is 1.06. The number of ether oxygens (including phenoxy) is 1. The van der Waals surface area contributed by atoms with Crippen LogP contribution in [0.1, 0.15) is 23.2 Å². The molecule has 3 heteroatoms. The molecule has 0 saturated heterocycles. The first-order chi connectivity index (χ1) is 6.27. The second kappa shape index (κ2) is 3.09. The molecule has 1 N–H and O–H groups in total. The quantitative estimate of drug-likeness (QED) is 0.646. The zero-order valence-electron chi connectivity index (χ0n) is 7.12. The van der Waals surface area contributed by atoms with Crippen molar-refractivity contribution in [2.75, 3.05) is 0 Å². The minimum absolute atomic E-state index is 0.104. The van der Waals surface area contributed by atoms with E-state index in [9.17, 15) is 4.79 Å². The van der Waals surface area contributed by atoms with Crippen LogP contribution in [-0.4, -0.2) is 12.1 Å². The minimum atomic E-state index is -0.367. The Morgan fingerprint density at radius 3 is 2.69 bits per heavy atom. The van der Waals surface area contributed by atoms with Gasteiger partial charge in [0.1, 0.15) is 6.10 Å². The van der Waals surface area contributed by atoms with Crippen molar-refractivity contribution >= 4 is 11.7 Å². The Morgan fingerprint density at radius 2 is 2.08 bits per heavy atom. The van der Waals surface area contributed by atoms with Crippen molar-refractivity contribution in [1.29, 1.82) is 0 Å². The zero-order chi connectivity index (χ0) is 9.26. The number of hydrogen-bond donors (Lipinski definition) is 0. The van der Waals surface area contributed by atoms with E-state index in [4.69, 9.17) is 10.5 Å². The second-order valence-electron chi connectivity index (χ2n) is 3.15. The van der Waals surface area contributed by atoms with Gasteiger partial charge in [-0.25, -0.2) is 4.79 Å². The van der Waals surface area contributed by atoms with Crippen molar-refractivity contribution in [3.63, 3.8) is 0 Å². The van der Waals surface area contributed by atoms with Gasteiger partial charge >= 0.3 is 5.97 Å². The van der Waals surface area contributed by atoms with Gasteiger partial charge in [-0.05, 0) is 25.0 Å². The van der Waals surface area contributed by atoms with E-state index in [0.29, 0.717) is 5.56 Å². The smallest absolute Gasteiger partial charge is 0.340 e. The first-order valence-electron chi connectivity index (χ1n) is 4.29. The maximum Gasteiger partial charge on any atom is 0.340 e. The Labute approximate surface area is 76.5 Å². The fraction of sp³-hybridized carbons (Fsp3) is 0.300. The van der Waals surface area contributed by atoms with Gasteiger partial charge in [0.05, 0.1) is 11.3 Å². The van der Waals surface area contributed by atoms with Crippen LogP contribution in [0.4, 0.5) is 5.69 Å². The summed E-state index contributed by atoms with van der Waals surface area (Å²) >= 11 is 0. The summed E-state index contributed by atoms with van der Waals surface area (Å²) in [6, 6.07) is 6.67. The molecule has 1 saturated carbocycles. The van der Waals surface area contributed by atoms with Gasteiger partial charge in [-0.3, -0.25) is 0 Å². The van der Waals surface area contributed by atoms with Crippen LogP contribution in [0.5, 0.6) is 0 Å². The first-order valence-corrected chi connectivity index (χ1v) is 4.29. The molecule has 1 aromatic rings. The van der Waals surface area contributed by atoms with Crippen LogP contribution < -0.4 is 5.73 Å². The van der Waals surface area contributed by atoms with Crippen LogP contribution in [0, 0.1) is 0 Å². The zero-order valence-corrected chi connectivity index (χ0v) is 7.12. The van der Waals surface area contributed by atoms with Crippen LogP contribution in [0.2, 0.25) is 0 Å². The highest BCUT2D eigenvalue weighted by molar-refractivity contribution is 5.94. The Hall–Kier alpha value is -1.51. The Morgan fingerprint density at radius 1 is 1.38 bits per heavy atom.